The van der Waals surface area contributed by atoms with Gasteiger partial charge in [0.05, 0.1) is 22.1 Å². The number of hydrogen-bond acceptors (Lipinski definition) is 0. The van der Waals surface area contributed by atoms with Crippen LogP contribution in [0.5, 0.6) is 0 Å². The predicted octanol–water partition coefficient (Wildman–Crippen LogP) is 13.5. The highest BCUT2D eigenvalue weighted by Crippen LogP contribution is 2.39. The van der Waals surface area contributed by atoms with Crippen LogP contribution in [-0.2, 0) is 0 Å². The van der Waals surface area contributed by atoms with Gasteiger partial charge in [-0.3, -0.25) is 0 Å². The van der Waals surface area contributed by atoms with Gasteiger partial charge >= 0.3 is 0 Å². The van der Waals surface area contributed by atoms with E-state index in [9.17, 15) is 0 Å². The van der Waals surface area contributed by atoms with Crippen molar-refractivity contribution in [3.63, 3.8) is 0 Å². The molecule has 0 radical (unpaired) electrons. The molecule has 0 aliphatic rings. The predicted molar refractivity (Wildman–Crippen MR) is 221 cm³/mol. The van der Waals surface area contributed by atoms with Crippen LogP contribution in [-0.4, -0.2) is 9.13 Å². The van der Waals surface area contributed by atoms with Crippen molar-refractivity contribution in [2.24, 2.45) is 0 Å². The summed E-state index contributed by atoms with van der Waals surface area (Å²) < 4.78 is 4.83. The van der Waals surface area contributed by atoms with E-state index in [0.29, 0.717) is 0 Å². The Morgan fingerprint density at radius 2 is 0.731 bits per heavy atom. The topological polar surface area (TPSA) is 9.86 Å². The van der Waals surface area contributed by atoms with E-state index in [0.717, 1.165) is 5.69 Å². The second kappa shape index (κ2) is 11.3. The first-order valence-electron chi connectivity index (χ1n) is 17.9. The maximum absolute atomic E-state index is 2.44. The number of benzene rings is 9. The van der Waals surface area contributed by atoms with Crippen molar-refractivity contribution < 1.29 is 0 Å². The lowest BCUT2D eigenvalue weighted by atomic mass is 10.0. The second-order valence-electron chi connectivity index (χ2n) is 13.8. The van der Waals surface area contributed by atoms with Gasteiger partial charge in [-0.2, -0.15) is 0 Å². The van der Waals surface area contributed by atoms with Gasteiger partial charge in [-0.1, -0.05) is 140 Å². The Morgan fingerprint density at radius 1 is 0.231 bits per heavy atom. The molecule has 0 amide bonds. The standard InChI is InChI=1S/C50H32N2/c1-2-10-33(11-3-1)34-20-24-39(25-21-34)51-48-17-9-7-15-44(48)46-31-36(23-29-49(46)51)37-22-27-45-43-14-6-8-16-47(43)52(50(45)32-37)40-26-28-42-38(30-40)19-18-35-12-4-5-13-41(35)42/h1-32H. The summed E-state index contributed by atoms with van der Waals surface area (Å²) in [4.78, 5) is 0. The SMILES string of the molecule is c1ccc(-c2ccc(-n3c4ccccc4c4cc(-c5ccc6c7ccccc7n(-c7ccc8c(ccc9ccccc98)c7)c6c5)ccc43)cc2)cc1. The maximum atomic E-state index is 2.44. The van der Waals surface area contributed by atoms with E-state index in [1.54, 1.807) is 0 Å². The number of aromatic nitrogens is 2. The average Bonchev–Trinajstić information content (AvgIpc) is 3.73. The molecule has 0 saturated heterocycles. The van der Waals surface area contributed by atoms with Crippen LogP contribution < -0.4 is 0 Å². The highest BCUT2D eigenvalue weighted by atomic mass is 15.0. The Morgan fingerprint density at radius 3 is 1.54 bits per heavy atom. The van der Waals surface area contributed by atoms with E-state index < -0.39 is 0 Å². The Hall–Kier alpha value is -6.90. The summed E-state index contributed by atoms with van der Waals surface area (Å²) >= 11 is 0. The number of para-hydroxylation sites is 2. The van der Waals surface area contributed by atoms with Crippen LogP contribution in [0.4, 0.5) is 0 Å². The van der Waals surface area contributed by atoms with E-state index >= 15 is 0 Å². The Kier molecular flexibility index (Phi) is 6.28. The fraction of sp³-hybridized carbons (Fsp3) is 0. The first kappa shape index (κ1) is 28.9. The third kappa shape index (κ3) is 4.38. The number of hydrogen-bond donors (Lipinski definition) is 0. The van der Waals surface area contributed by atoms with Gasteiger partial charge in [0.1, 0.15) is 0 Å². The molecule has 2 heterocycles. The highest BCUT2D eigenvalue weighted by molar-refractivity contribution is 6.13. The van der Waals surface area contributed by atoms with Crippen molar-refractivity contribution in [3.05, 3.63) is 194 Å². The van der Waals surface area contributed by atoms with E-state index in [1.807, 2.05) is 0 Å². The summed E-state index contributed by atoms with van der Waals surface area (Å²) in [6.07, 6.45) is 0. The minimum absolute atomic E-state index is 1.16. The Bertz CT molecular complexity index is 3160. The van der Waals surface area contributed by atoms with Crippen molar-refractivity contribution in [2.75, 3.05) is 0 Å². The molecule has 0 N–H and O–H groups in total. The van der Waals surface area contributed by atoms with Crippen LogP contribution >= 0.6 is 0 Å². The van der Waals surface area contributed by atoms with Crippen molar-refractivity contribution in [2.45, 2.75) is 0 Å². The van der Waals surface area contributed by atoms with Gasteiger partial charge in [0, 0.05) is 32.9 Å². The molecule has 9 aromatic carbocycles. The molecule has 0 aliphatic heterocycles. The zero-order chi connectivity index (χ0) is 34.2. The zero-order valence-corrected chi connectivity index (χ0v) is 28.4. The third-order valence-corrected chi connectivity index (χ3v) is 10.9. The van der Waals surface area contributed by atoms with Crippen molar-refractivity contribution in [1.82, 2.24) is 9.13 Å². The van der Waals surface area contributed by atoms with Gasteiger partial charge in [-0.05, 0) is 98.4 Å². The summed E-state index contributed by atoms with van der Waals surface area (Å²) in [6, 6.07) is 71.0. The quantitative estimate of drug-likeness (QED) is 0.166. The third-order valence-electron chi connectivity index (χ3n) is 10.9. The van der Waals surface area contributed by atoms with Gasteiger partial charge in [-0.15, -0.1) is 0 Å². The monoisotopic (exact) mass is 660 g/mol. The molecule has 2 nitrogen and oxygen atoms in total. The molecule has 0 aliphatic carbocycles. The molecular weight excluding hydrogens is 629 g/mol. The lowest BCUT2D eigenvalue weighted by Gasteiger charge is -2.12. The molecule has 0 atom stereocenters. The zero-order valence-electron chi connectivity index (χ0n) is 28.4. The van der Waals surface area contributed by atoms with Crippen LogP contribution in [0.1, 0.15) is 0 Å². The highest BCUT2D eigenvalue weighted by Gasteiger charge is 2.16. The molecule has 0 unspecified atom stereocenters. The first-order valence-corrected chi connectivity index (χ1v) is 17.9. The minimum atomic E-state index is 1.16. The minimum Gasteiger partial charge on any atom is -0.309 e. The summed E-state index contributed by atoms with van der Waals surface area (Å²) in [7, 11) is 0. The van der Waals surface area contributed by atoms with Gasteiger partial charge in [0.25, 0.3) is 0 Å². The molecule has 11 aromatic rings. The molecule has 0 bridgehead atoms. The molecule has 0 saturated carbocycles. The summed E-state index contributed by atoms with van der Waals surface area (Å²) in [5.74, 6) is 0. The second-order valence-corrected chi connectivity index (χ2v) is 13.8. The largest absolute Gasteiger partial charge is 0.309 e. The molecule has 11 rings (SSSR count). The van der Waals surface area contributed by atoms with Crippen LogP contribution in [0.2, 0.25) is 0 Å². The van der Waals surface area contributed by atoms with Gasteiger partial charge < -0.3 is 9.13 Å². The Balaban J connectivity index is 1.07. The fourth-order valence-electron chi connectivity index (χ4n) is 8.43. The van der Waals surface area contributed by atoms with Crippen molar-refractivity contribution >= 4 is 65.2 Å². The summed E-state index contributed by atoms with van der Waals surface area (Å²) in [5.41, 5.74) is 12.0. The normalized spacial score (nSPS) is 11.8. The molecule has 2 aromatic heterocycles. The molecule has 0 spiro atoms. The van der Waals surface area contributed by atoms with Crippen LogP contribution in [0, 0.1) is 0 Å². The molecular formula is C50H32N2. The Labute approximate surface area is 301 Å². The molecule has 52 heavy (non-hydrogen) atoms. The van der Waals surface area contributed by atoms with Gasteiger partial charge in [0.2, 0.25) is 0 Å². The number of nitrogens with zero attached hydrogens (tertiary/aromatic N) is 2. The molecule has 2 heteroatoms. The summed E-state index contributed by atoms with van der Waals surface area (Å²) in [5, 5.41) is 10.1. The van der Waals surface area contributed by atoms with Gasteiger partial charge in [0.15, 0.2) is 0 Å². The van der Waals surface area contributed by atoms with Gasteiger partial charge in [-0.25, -0.2) is 0 Å². The average molecular weight is 661 g/mol. The lowest BCUT2D eigenvalue weighted by Crippen LogP contribution is -1.94. The number of rotatable bonds is 4. The van der Waals surface area contributed by atoms with Crippen LogP contribution in [0.3, 0.4) is 0 Å². The van der Waals surface area contributed by atoms with E-state index in [4.69, 9.17) is 0 Å². The summed E-state index contributed by atoms with van der Waals surface area (Å²) in [6.45, 7) is 0. The van der Waals surface area contributed by atoms with Crippen LogP contribution in [0.15, 0.2) is 194 Å². The van der Waals surface area contributed by atoms with E-state index in [1.165, 1.54) is 93.1 Å². The lowest BCUT2D eigenvalue weighted by molar-refractivity contribution is 1.18. The van der Waals surface area contributed by atoms with Crippen molar-refractivity contribution in [1.29, 1.82) is 0 Å². The molecule has 0 fully saturated rings. The number of fused-ring (bicyclic) bond motifs is 9. The van der Waals surface area contributed by atoms with E-state index in [2.05, 4.69) is 203 Å². The molecule has 242 valence electrons. The fourth-order valence-corrected chi connectivity index (χ4v) is 8.43. The smallest absolute Gasteiger partial charge is 0.0547 e. The first-order chi connectivity index (χ1) is 25.8. The van der Waals surface area contributed by atoms with Crippen LogP contribution in [0.25, 0.3) is 98.8 Å². The maximum Gasteiger partial charge on any atom is 0.0547 e. The van der Waals surface area contributed by atoms with E-state index in [-0.39, 0.29) is 0 Å². The van der Waals surface area contributed by atoms with Crippen molar-refractivity contribution in [3.8, 4) is 33.6 Å².